The maximum Gasteiger partial charge on any atom is 0.387 e. The molecule has 2 fully saturated rings. The first kappa shape index (κ1) is 22.2. The Morgan fingerprint density at radius 2 is 1.78 bits per heavy atom. The van der Waals surface area contributed by atoms with Crippen molar-refractivity contribution in [2.75, 3.05) is 13.2 Å². The molecule has 3 aliphatic rings. The Hall–Kier alpha value is -2.97. The number of alkyl halides is 2. The number of carbonyl (C=O) groups excluding carboxylic acids is 3. The Kier molecular flexibility index (Phi) is 6.43. The van der Waals surface area contributed by atoms with Crippen LogP contribution in [-0.4, -0.2) is 53.3 Å². The number of likely N-dealkylation sites (tertiary alicyclic amines) is 1. The number of allylic oxidation sites excluding steroid dienone is 2. The average Bonchev–Trinajstić information content (AvgIpc) is 3.58. The third kappa shape index (κ3) is 4.61. The van der Waals surface area contributed by atoms with Gasteiger partial charge in [0.25, 0.3) is 0 Å². The first-order chi connectivity index (χ1) is 15.4. The maximum atomic E-state index is 13.1. The summed E-state index contributed by atoms with van der Waals surface area (Å²) in [5.74, 6) is -1.49. The van der Waals surface area contributed by atoms with Crippen LogP contribution in [-0.2, 0) is 20.9 Å². The molecule has 9 heteroatoms. The lowest BCUT2D eigenvalue weighted by molar-refractivity contribution is -0.147. The second kappa shape index (κ2) is 9.26. The van der Waals surface area contributed by atoms with Gasteiger partial charge in [0.2, 0.25) is 17.7 Å². The summed E-state index contributed by atoms with van der Waals surface area (Å²) in [7, 11) is 0. The minimum atomic E-state index is -2.97. The summed E-state index contributed by atoms with van der Waals surface area (Å²) in [5.41, 5.74) is 0.687. The number of ether oxygens (including phenoxy) is 2. The number of fused-ring (bicyclic) bond motifs is 1. The highest BCUT2D eigenvalue weighted by Gasteiger charge is 2.48. The monoisotopic (exact) mass is 448 g/mol. The largest absolute Gasteiger partial charge is 0.490 e. The number of hydrogen-bond acceptors (Lipinski definition) is 5. The van der Waals surface area contributed by atoms with Gasteiger partial charge in [0.1, 0.15) is 6.54 Å². The van der Waals surface area contributed by atoms with Gasteiger partial charge in [-0.2, -0.15) is 8.78 Å². The molecule has 0 radical (unpaired) electrons. The standard InChI is InChI=1S/C23H26F2N2O5/c1-2-31-19-11-14(7-10-18(19)32-23(24)25)12-26(15-8-9-15)20(28)13-27-21(29)16-5-3-4-6-17(16)22(27)30/h3-4,7,10-11,15-17,23H,2,5-6,8-9,12-13H2,1H3/t16-,17-/m0/s1. The molecule has 3 amide bonds. The van der Waals surface area contributed by atoms with Gasteiger partial charge in [0, 0.05) is 12.6 Å². The van der Waals surface area contributed by atoms with Crippen molar-refractivity contribution in [1.82, 2.24) is 9.80 Å². The van der Waals surface area contributed by atoms with E-state index in [9.17, 15) is 23.2 Å². The predicted molar refractivity (Wildman–Crippen MR) is 110 cm³/mol. The van der Waals surface area contributed by atoms with Crippen LogP contribution in [0.25, 0.3) is 0 Å². The Morgan fingerprint density at radius 1 is 1.12 bits per heavy atom. The lowest BCUT2D eigenvalue weighted by Gasteiger charge is -2.25. The Balaban J connectivity index is 1.47. The molecule has 0 aromatic heterocycles. The molecule has 0 bridgehead atoms. The van der Waals surface area contributed by atoms with E-state index in [2.05, 4.69) is 4.74 Å². The van der Waals surface area contributed by atoms with Gasteiger partial charge in [-0.3, -0.25) is 19.3 Å². The van der Waals surface area contributed by atoms with Gasteiger partial charge in [0.05, 0.1) is 18.4 Å². The fraction of sp³-hybridized carbons (Fsp3) is 0.522. The molecule has 4 rings (SSSR count). The highest BCUT2D eigenvalue weighted by Crippen LogP contribution is 2.36. The summed E-state index contributed by atoms with van der Waals surface area (Å²) in [6.45, 7) is -1.02. The minimum Gasteiger partial charge on any atom is -0.490 e. The SMILES string of the molecule is CCOc1cc(CN(C(=O)CN2C(=O)[C@H]3CC=CC[C@@H]3C2=O)C2CC2)ccc1OC(F)F. The van der Waals surface area contributed by atoms with Crippen molar-refractivity contribution in [3.8, 4) is 11.5 Å². The summed E-state index contributed by atoms with van der Waals surface area (Å²) in [6, 6.07) is 4.62. The molecule has 1 aromatic rings. The fourth-order valence-corrected chi connectivity index (χ4v) is 4.37. The molecule has 0 N–H and O–H groups in total. The third-order valence-electron chi connectivity index (χ3n) is 6.08. The second-order valence-electron chi connectivity index (χ2n) is 8.26. The molecule has 172 valence electrons. The number of halogens is 2. The number of hydrogen-bond donors (Lipinski definition) is 0. The first-order valence-electron chi connectivity index (χ1n) is 10.9. The summed E-state index contributed by atoms with van der Waals surface area (Å²) < 4.78 is 35.2. The predicted octanol–water partition coefficient (Wildman–Crippen LogP) is 3.13. The molecule has 1 aromatic carbocycles. The molecule has 2 atom stereocenters. The van der Waals surface area contributed by atoms with Crippen molar-refractivity contribution in [3.05, 3.63) is 35.9 Å². The van der Waals surface area contributed by atoms with Crippen molar-refractivity contribution in [3.63, 3.8) is 0 Å². The molecular formula is C23H26F2N2O5. The van der Waals surface area contributed by atoms with E-state index in [1.165, 1.54) is 6.07 Å². The van der Waals surface area contributed by atoms with Crippen molar-refractivity contribution in [2.24, 2.45) is 11.8 Å². The molecule has 1 saturated heterocycles. The van der Waals surface area contributed by atoms with E-state index in [1.54, 1.807) is 24.0 Å². The molecule has 32 heavy (non-hydrogen) atoms. The Bertz CT molecular complexity index is 905. The molecule has 1 heterocycles. The van der Waals surface area contributed by atoms with Crippen LogP contribution in [0.4, 0.5) is 8.78 Å². The van der Waals surface area contributed by atoms with Crippen LogP contribution in [0.3, 0.4) is 0 Å². The first-order valence-corrected chi connectivity index (χ1v) is 10.9. The summed E-state index contributed by atoms with van der Waals surface area (Å²) in [6.07, 6.45) is 6.55. The number of benzene rings is 1. The van der Waals surface area contributed by atoms with Gasteiger partial charge in [-0.05, 0) is 50.3 Å². The molecule has 7 nitrogen and oxygen atoms in total. The van der Waals surface area contributed by atoms with E-state index in [-0.39, 0.29) is 66.8 Å². The van der Waals surface area contributed by atoms with Gasteiger partial charge in [0.15, 0.2) is 11.5 Å². The maximum absolute atomic E-state index is 13.1. The Morgan fingerprint density at radius 3 is 2.34 bits per heavy atom. The average molecular weight is 448 g/mol. The molecule has 0 spiro atoms. The fourth-order valence-electron chi connectivity index (χ4n) is 4.37. The summed E-state index contributed by atoms with van der Waals surface area (Å²) in [5, 5.41) is 0. The topological polar surface area (TPSA) is 76.2 Å². The lowest BCUT2D eigenvalue weighted by Crippen LogP contribution is -2.43. The van der Waals surface area contributed by atoms with E-state index in [1.807, 2.05) is 12.2 Å². The number of nitrogens with zero attached hydrogens (tertiary/aromatic N) is 2. The number of carbonyl (C=O) groups is 3. The smallest absolute Gasteiger partial charge is 0.387 e. The van der Waals surface area contributed by atoms with E-state index >= 15 is 0 Å². The zero-order valence-electron chi connectivity index (χ0n) is 17.8. The van der Waals surface area contributed by atoms with Gasteiger partial charge >= 0.3 is 6.61 Å². The number of amides is 3. The van der Waals surface area contributed by atoms with Crippen LogP contribution < -0.4 is 9.47 Å². The van der Waals surface area contributed by atoms with Crippen LogP contribution in [0.1, 0.15) is 38.2 Å². The molecule has 2 aliphatic carbocycles. The number of rotatable bonds is 9. The molecule has 1 saturated carbocycles. The van der Waals surface area contributed by atoms with Crippen LogP contribution >= 0.6 is 0 Å². The second-order valence-corrected chi connectivity index (χ2v) is 8.26. The van der Waals surface area contributed by atoms with Crippen LogP contribution in [0, 0.1) is 11.8 Å². The van der Waals surface area contributed by atoms with E-state index in [4.69, 9.17) is 4.74 Å². The molecular weight excluding hydrogens is 422 g/mol. The highest BCUT2D eigenvalue weighted by molar-refractivity contribution is 6.07. The molecule has 1 aliphatic heterocycles. The number of imide groups is 1. The van der Waals surface area contributed by atoms with E-state index in [0.29, 0.717) is 18.4 Å². The van der Waals surface area contributed by atoms with Crippen LogP contribution in [0.5, 0.6) is 11.5 Å². The van der Waals surface area contributed by atoms with Crippen molar-refractivity contribution < 1.29 is 32.6 Å². The summed E-state index contributed by atoms with van der Waals surface area (Å²) >= 11 is 0. The van der Waals surface area contributed by atoms with Crippen molar-refractivity contribution in [1.29, 1.82) is 0 Å². The van der Waals surface area contributed by atoms with Crippen LogP contribution in [0.15, 0.2) is 30.4 Å². The van der Waals surface area contributed by atoms with Crippen LogP contribution in [0.2, 0.25) is 0 Å². The van der Waals surface area contributed by atoms with E-state index in [0.717, 1.165) is 17.7 Å². The normalized spacial score (nSPS) is 22.3. The zero-order valence-corrected chi connectivity index (χ0v) is 17.8. The Labute approximate surface area is 184 Å². The van der Waals surface area contributed by atoms with Crippen molar-refractivity contribution >= 4 is 17.7 Å². The van der Waals surface area contributed by atoms with Crippen molar-refractivity contribution in [2.45, 2.75) is 51.8 Å². The van der Waals surface area contributed by atoms with Gasteiger partial charge in [-0.25, -0.2) is 0 Å². The third-order valence-corrected chi connectivity index (χ3v) is 6.08. The van der Waals surface area contributed by atoms with E-state index < -0.39 is 6.61 Å². The van der Waals surface area contributed by atoms with Gasteiger partial charge in [-0.15, -0.1) is 0 Å². The summed E-state index contributed by atoms with van der Waals surface area (Å²) in [4.78, 5) is 41.3. The van der Waals surface area contributed by atoms with Gasteiger partial charge in [-0.1, -0.05) is 18.2 Å². The lowest BCUT2D eigenvalue weighted by atomic mass is 9.85. The molecule has 0 unspecified atom stereocenters. The minimum absolute atomic E-state index is 0.0341. The van der Waals surface area contributed by atoms with Gasteiger partial charge < -0.3 is 14.4 Å². The quantitative estimate of drug-likeness (QED) is 0.429. The zero-order chi connectivity index (χ0) is 22.8. The highest BCUT2D eigenvalue weighted by atomic mass is 19.3.